The maximum Gasteiger partial charge on any atom is 0.187 e. The van der Waals surface area contributed by atoms with Crippen molar-refractivity contribution >= 4 is 23.0 Å². The Morgan fingerprint density at radius 3 is 2.85 bits per heavy atom. The summed E-state index contributed by atoms with van der Waals surface area (Å²) in [7, 11) is 1.73. The van der Waals surface area contributed by atoms with E-state index in [-0.39, 0.29) is 6.10 Å². The molecule has 0 radical (unpaired) electrons. The molecule has 2 heterocycles. The van der Waals surface area contributed by atoms with Crippen molar-refractivity contribution in [2.45, 2.75) is 45.3 Å². The summed E-state index contributed by atoms with van der Waals surface area (Å²) >= 11 is 5.31. The topological polar surface area (TPSA) is 58.1 Å². The van der Waals surface area contributed by atoms with E-state index in [1.54, 1.807) is 7.11 Å². The van der Waals surface area contributed by atoms with Gasteiger partial charge in [0, 0.05) is 25.3 Å². The smallest absolute Gasteiger partial charge is 0.187 e. The molecular weight excluding hydrogens is 360 g/mol. The van der Waals surface area contributed by atoms with Gasteiger partial charge in [0.1, 0.15) is 5.75 Å². The summed E-state index contributed by atoms with van der Waals surface area (Å²) < 4.78 is 11.1. The summed E-state index contributed by atoms with van der Waals surface area (Å²) in [5, 5.41) is 8.13. The Balaban J connectivity index is 1.58. The zero-order valence-corrected chi connectivity index (χ0v) is 17.1. The standard InChI is InChI=1S/C20H30N4O2S/c1-15(22-23-20(27)21-13-18-6-5-11-26-18)16-7-8-19(25-2)17(12-16)14-24-9-3-4-10-24/h7-8,12,18H,3-6,9-11,13-14H2,1-2H3,(H2,21,23,27)/b22-15-/t18-/m0/s1. The molecule has 27 heavy (non-hydrogen) atoms. The lowest BCUT2D eigenvalue weighted by molar-refractivity contribution is 0.114. The highest BCUT2D eigenvalue weighted by molar-refractivity contribution is 7.80. The van der Waals surface area contributed by atoms with Gasteiger partial charge in [0.15, 0.2) is 5.11 Å². The highest BCUT2D eigenvalue weighted by atomic mass is 32.1. The second-order valence-electron chi connectivity index (χ2n) is 7.16. The first-order chi connectivity index (χ1) is 13.2. The van der Waals surface area contributed by atoms with E-state index in [4.69, 9.17) is 21.7 Å². The van der Waals surface area contributed by atoms with E-state index in [0.717, 1.165) is 62.7 Å². The van der Waals surface area contributed by atoms with Crippen LogP contribution in [0.4, 0.5) is 0 Å². The Morgan fingerprint density at radius 2 is 2.15 bits per heavy atom. The summed E-state index contributed by atoms with van der Waals surface area (Å²) in [6.07, 6.45) is 5.03. The first-order valence-electron chi connectivity index (χ1n) is 9.75. The third kappa shape index (κ3) is 5.89. The lowest BCUT2D eigenvalue weighted by Crippen LogP contribution is -2.37. The molecule has 148 valence electrons. The maximum absolute atomic E-state index is 5.59. The number of methoxy groups -OCH3 is 1. The number of benzene rings is 1. The van der Waals surface area contributed by atoms with Gasteiger partial charge in [-0.2, -0.15) is 5.10 Å². The molecule has 6 nitrogen and oxygen atoms in total. The molecule has 0 aromatic heterocycles. The van der Waals surface area contributed by atoms with Gasteiger partial charge in [-0.15, -0.1) is 0 Å². The van der Waals surface area contributed by atoms with Crippen LogP contribution in [0, 0.1) is 0 Å². The minimum absolute atomic E-state index is 0.254. The molecule has 2 fully saturated rings. The average molecular weight is 391 g/mol. The predicted octanol–water partition coefficient (Wildman–Crippen LogP) is 2.66. The van der Waals surface area contributed by atoms with Crippen LogP contribution in [0.3, 0.4) is 0 Å². The summed E-state index contributed by atoms with van der Waals surface area (Å²) in [6.45, 7) is 6.79. The van der Waals surface area contributed by atoms with Crippen LogP contribution in [-0.4, -0.2) is 55.2 Å². The number of nitrogens with zero attached hydrogens (tertiary/aromatic N) is 2. The molecule has 0 bridgehead atoms. The van der Waals surface area contributed by atoms with Gasteiger partial charge in [-0.3, -0.25) is 10.3 Å². The second-order valence-corrected chi connectivity index (χ2v) is 7.57. The lowest BCUT2D eigenvalue weighted by Gasteiger charge is -2.18. The van der Waals surface area contributed by atoms with Gasteiger partial charge in [-0.25, -0.2) is 0 Å². The highest BCUT2D eigenvalue weighted by Gasteiger charge is 2.16. The van der Waals surface area contributed by atoms with Crippen LogP contribution in [-0.2, 0) is 11.3 Å². The Labute approximate surface area is 167 Å². The van der Waals surface area contributed by atoms with Crippen molar-refractivity contribution in [2.75, 3.05) is 33.4 Å². The average Bonchev–Trinajstić information content (AvgIpc) is 3.38. The second kappa shape index (κ2) is 10.0. The van der Waals surface area contributed by atoms with Gasteiger partial charge in [0.2, 0.25) is 0 Å². The van der Waals surface area contributed by atoms with E-state index in [0.29, 0.717) is 5.11 Å². The monoisotopic (exact) mass is 390 g/mol. The molecule has 0 saturated carbocycles. The molecule has 1 aromatic carbocycles. The van der Waals surface area contributed by atoms with Gasteiger partial charge in [-0.1, -0.05) is 0 Å². The molecule has 2 N–H and O–H groups in total. The molecular formula is C20H30N4O2S. The molecule has 3 rings (SSSR count). The molecule has 0 spiro atoms. The number of hydrazone groups is 1. The van der Waals surface area contributed by atoms with Crippen LogP contribution in [0.25, 0.3) is 0 Å². The van der Waals surface area contributed by atoms with E-state index in [1.807, 2.05) is 19.1 Å². The van der Waals surface area contributed by atoms with E-state index < -0.39 is 0 Å². The third-order valence-electron chi connectivity index (χ3n) is 5.13. The number of hydrogen-bond donors (Lipinski definition) is 2. The van der Waals surface area contributed by atoms with Crippen LogP contribution in [0.1, 0.15) is 43.7 Å². The number of likely N-dealkylation sites (tertiary alicyclic amines) is 1. The minimum Gasteiger partial charge on any atom is -0.496 e. The van der Waals surface area contributed by atoms with Gasteiger partial charge in [0.25, 0.3) is 0 Å². The van der Waals surface area contributed by atoms with Gasteiger partial charge < -0.3 is 14.8 Å². The summed E-state index contributed by atoms with van der Waals surface area (Å²) in [5.74, 6) is 0.931. The molecule has 1 aromatic rings. The number of ether oxygens (including phenoxy) is 2. The van der Waals surface area contributed by atoms with Crippen molar-refractivity contribution in [3.05, 3.63) is 29.3 Å². The van der Waals surface area contributed by atoms with Crippen LogP contribution in [0.15, 0.2) is 23.3 Å². The SMILES string of the molecule is COc1ccc(/C(C)=N\NC(=S)NC[C@@H]2CCCO2)cc1CN1CCCC1. The van der Waals surface area contributed by atoms with Crippen LogP contribution >= 0.6 is 12.2 Å². The van der Waals surface area contributed by atoms with Crippen molar-refractivity contribution in [3.8, 4) is 5.75 Å². The Morgan fingerprint density at radius 1 is 1.33 bits per heavy atom. The molecule has 7 heteroatoms. The zero-order valence-electron chi connectivity index (χ0n) is 16.3. The summed E-state index contributed by atoms with van der Waals surface area (Å²) in [5.41, 5.74) is 6.10. The van der Waals surface area contributed by atoms with Crippen molar-refractivity contribution in [3.63, 3.8) is 0 Å². The van der Waals surface area contributed by atoms with Crippen molar-refractivity contribution < 1.29 is 9.47 Å². The summed E-state index contributed by atoms with van der Waals surface area (Å²) in [6, 6.07) is 6.23. The van der Waals surface area contributed by atoms with E-state index in [9.17, 15) is 0 Å². The van der Waals surface area contributed by atoms with Crippen molar-refractivity contribution in [1.29, 1.82) is 0 Å². The maximum atomic E-state index is 5.59. The van der Waals surface area contributed by atoms with Gasteiger partial charge in [0.05, 0.1) is 18.9 Å². The highest BCUT2D eigenvalue weighted by Crippen LogP contribution is 2.23. The van der Waals surface area contributed by atoms with Crippen molar-refractivity contribution in [1.82, 2.24) is 15.6 Å². The van der Waals surface area contributed by atoms with Crippen molar-refractivity contribution in [2.24, 2.45) is 5.10 Å². The molecule has 1 atom stereocenters. The molecule has 0 aliphatic carbocycles. The first kappa shape index (κ1) is 20.0. The quantitative estimate of drug-likeness (QED) is 0.424. The third-order valence-corrected chi connectivity index (χ3v) is 5.37. The molecule has 0 unspecified atom stereocenters. The normalized spacial score (nSPS) is 20.7. The number of nitrogens with one attached hydrogen (secondary N) is 2. The minimum atomic E-state index is 0.254. The van der Waals surface area contributed by atoms with Gasteiger partial charge >= 0.3 is 0 Å². The Kier molecular flexibility index (Phi) is 7.43. The number of rotatable bonds is 7. The lowest BCUT2D eigenvalue weighted by atomic mass is 10.1. The fraction of sp³-hybridized carbons (Fsp3) is 0.600. The molecule has 2 saturated heterocycles. The molecule has 0 amide bonds. The fourth-order valence-electron chi connectivity index (χ4n) is 3.56. The zero-order chi connectivity index (χ0) is 19.1. The fourth-order valence-corrected chi connectivity index (χ4v) is 3.69. The van der Waals surface area contributed by atoms with Gasteiger partial charge in [-0.05, 0) is 81.7 Å². The van der Waals surface area contributed by atoms with E-state index in [1.165, 1.54) is 18.4 Å². The van der Waals surface area contributed by atoms with Crippen LogP contribution < -0.4 is 15.5 Å². The number of thiocarbonyl (C=S) groups is 1. The van der Waals surface area contributed by atoms with Crippen LogP contribution in [0.5, 0.6) is 5.75 Å². The van der Waals surface area contributed by atoms with E-state index in [2.05, 4.69) is 26.8 Å². The molecule has 2 aliphatic rings. The van der Waals surface area contributed by atoms with Crippen LogP contribution in [0.2, 0.25) is 0 Å². The van der Waals surface area contributed by atoms with E-state index >= 15 is 0 Å². The largest absolute Gasteiger partial charge is 0.496 e. The summed E-state index contributed by atoms with van der Waals surface area (Å²) in [4.78, 5) is 2.47. The predicted molar refractivity (Wildman–Crippen MR) is 112 cm³/mol. The number of hydrogen-bond acceptors (Lipinski definition) is 5. The Hall–Kier alpha value is -1.70. The Bertz CT molecular complexity index is 668. The first-order valence-corrected chi connectivity index (χ1v) is 10.2. The molecule has 2 aliphatic heterocycles.